The van der Waals surface area contributed by atoms with Crippen molar-refractivity contribution >= 4 is 21.4 Å². The van der Waals surface area contributed by atoms with Crippen molar-refractivity contribution < 1.29 is 17.7 Å². The molecule has 0 bridgehead atoms. The lowest BCUT2D eigenvalue weighted by atomic mass is 10.1. The summed E-state index contributed by atoms with van der Waals surface area (Å²) in [6.07, 6.45) is 0. The Hall–Kier alpha value is -2.48. The molecule has 0 amide bonds. The topological polar surface area (TPSA) is 89.3 Å². The van der Waals surface area contributed by atoms with Gasteiger partial charge in [0.05, 0.1) is 10.6 Å². The highest BCUT2D eigenvalue weighted by atomic mass is 32.2. The number of anilines is 1. The van der Waals surface area contributed by atoms with Gasteiger partial charge >= 0.3 is 0 Å². The Balaban J connectivity index is 2.57. The monoisotopic (exact) mass is 324 g/mol. The van der Waals surface area contributed by atoms with Crippen LogP contribution in [0, 0.1) is 29.8 Å². The number of hydrogen-bond acceptors (Lipinski definition) is 4. The van der Waals surface area contributed by atoms with E-state index in [-0.39, 0.29) is 5.69 Å². The Morgan fingerprint density at radius 1 is 1.18 bits per heavy atom. The van der Waals surface area contributed by atoms with Crippen molar-refractivity contribution in [3.63, 3.8) is 0 Å². The van der Waals surface area contributed by atoms with E-state index in [1.807, 2.05) is 0 Å². The van der Waals surface area contributed by atoms with Crippen LogP contribution in [0.1, 0.15) is 11.1 Å². The van der Waals surface area contributed by atoms with E-state index in [1.54, 1.807) is 32.0 Å². The fraction of sp³-hybridized carbons (Fsp3) is 0.143. The van der Waals surface area contributed by atoms with Gasteiger partial charge in [-0.3, -0.25) is 14.8 Å². The first kappa shape index (κ1) is 15.9. The Labute approximate surface area is 126 Å². The van der Waals surface area contributed by atoms with Crippen molar-refractivity contribution in [2.24, 2.45) is 0 Å². The molecule has 0 heterocycles. The lowest BCUT2D eigenvalue weighted by Crippen LogP contribution is -2.17. The van der Waals surface area contributed by atoms with Gasteiger partial charge < -0.3 is 0 Å². The van der Waals surface area contributed by atoms with Gasteiger partial charge in [0.2, 0.25) is 4.90 Å². The summed E-state index contributed by atoms with van der Waals surface area (Å²) in [7, 11) is -4.43. The number of nitro benzene ring substituents is 1. The van der Waals surface area contributed by atoms with E-state index in [1.165, 1.54) is 0 Å². The lowest BCUT2D eigenvalue weighted by molar-refractivity contribution is -0.388. The van der Waals surface area contributed by atoms with Crippen LogP contribution < -0.4 is 4.72 Å². The molecular formula is C14H13FN2O4S. The molecule has 0 saturated heterocycles. The molecule has 0 unspecified atom stereocenters. The zero-order valence-corrected chi connectivity index (χ0v) is 12.6. The van der Waals surface area contributed by atoms with Crippen molar-refractivity contribution in [2.45, 2.75) is 18.7 Å². The summed E-state index contributed by atoms with van der Waals surface area (Å²) in [5, 5.41) is 10.9. The molecule has 0 radical (unpaired) electrons. The molecule has 116 valence electrons. The van der Waals surface area contributed by atoms with Gasteiger partial charge in [0.15, 0.2) is 5.82 Å². The lowest BCUT2D eigenvalue weighted by Gasteiger charge is -2.12. The molecule has 0 saturated carbocycles. The molecule has 1 N–H and O–H groups in total. The Bertz CT molecular complexity index is 850. The van der Waals surface area contributed by atoms with Crippen molar-refractivity contribution in [3.8, 4) is 0 Å². The fourth-order valence-electron chi connectivity index (χ4n) is 1.95. The zero-order valence-electron chi connectivity index (χ0n) is 11.8. The number of nitrogens with one attached hydrogen (secondary N) is 1. The predicted molar refractivity (Wildman–Crippen MR) is 79.8 cm³/mol. The maximum absolute atomic E-state index is 13.9. The van der Waals surface area contributed by atoms with Crippen LogP contribution in [-0.4, -0.2) is 13.3 Å². The number of hydrogen-bond donors (Lipinski definition) is 1. The van der Waals surface area contributed by atoms with E-state index >= 15 is 0 Å². The molecule has 6 nitrogen and oxygen atoms in total. The number of aryl methyl sites for hydroxylation is 2. The first-order chi connectivity index (χ1) is 10.2. The Morgan fingerprint density at radius 2 is 1.86 bits per heavy atom. The van der Waals surface area contributed by atoms with Gasteiger partial charge in [0.25, 0.3) is 15.7 Å². The summed E-state index contributed by atoms with van der Waals surface area (Å²) in [6, 6.07) is 7.96. The summed E-state index contributed by atoms with van der Waals surface area (Å²) in [4.78, 5) is 9.04. The van der Waals surface area contributed by atoms with Gasteiger partial charge in [-0.05, 0) is 37.1 Å². The number of nitrogens with zero attached hydrogens (tertiary/aromatic N) is 1. The second-order valence-corrected chi connectivity index (χ2v) is 6.39. The van der Waals surface area contributed by atoms with E-state index in [0.29, 0.717) is 5.56 Å². The van der Waals surface area contributed by atoms with Gasteiger partial charge in [-0.25, -0.2) is 12.8 Å². The third-order valence-electron chi connectivity index (χ3n) is 3.05. The largest absolute Gasteiger partial charge is 0.292 e. The smallest absolute Gasteiger partial charge is 0.279 e. The highest BCUT2D eigenvalue weighted by Gasteiger charge is 2.30. The van der Waals surface area contributed by atoms with Crippen molar-refractivity contribution in [3.05, 3.63) is 63.5 Å². The first-order valence-corrected chi connectivity index (χ1v) is 7.73. The summed E-state index contributed by atoms with van der Waals surface area (Å²) >= 11 is 0. The molecule has 0 fully saturated rings. The second-order valence-electron chi connectivity index (χ2n) is 4.77. The van der Waals surface area contributed by atoms with Gasteiger partial charge in [-0.1, -0.05) is 18.2 Å². The van der Waals surface area contributed by atoms with Crippen LogP contribution in [0.5, 0.6) is 0 Å². The highest BCUT2D eigenvalue weighted by molar-refractivity contribution is 7.92. The molecule has 8 heteroatoms. The number of rotatable bonds is 4. The molecule has 2 aromatic carbocycles. The van der Waals surface area contributed by atoms with Crippen molar-refractivity contribution in [1.29, 1.82) is 0 Å². The van der Waals surface area contributed by atoms with Gasteiger partial charge in [0, 0.05) is 6.07 Å². The van der Waals surface area contributed by atoms with Gasteiger partial charge in [-0.2, -0.15) is 0 Å². The van der Waals surface area contributed by atoms with Crippen molar-refractivity contribution in [2.75, 3.05) is 4.72 Å². The quantitative estimate of drug-likeness (QED) is 0.691. The van der Waals surface area contributed by atoms with Crippen LogP contribution >= 0.6 is 0 Å². The molecule has 0 aliphatic carbocycles. The van der Waals surface area contributed by atoms with Crippen LogP contribution in [0.2, 0.25) is 0 Å². The molecule has 22 heavy (non-hydrogen) atoms. The van der Waals surface area contributed by atoms with Gasteiger partial charge in [-0.15, -0.1) is 0 Å². The van der Waals surface area contributed by atoms with E-state index in [9.17, 15) is 22.9 Å². The SMILES string of the molecule is Cc1ccc(C)c(NS(=O)(=O)c2c(F)cccc2[N+](=O)[O-])c1. The summed E-state index contributed by atoms with van der Waals surface area (Å²) in [5.41, 5.74) is 0.856. The molecule has 0 atom stereocenters. The summed E-state index contributed by atoms with van der Waals surface area (Å²) < 4.78 is 40.8. The number of halogens is 1. The fourth-order valence-corrected chi connectivity index (χ4v) is 3.30. The maximum atomic E-state index is 13.9. The Morgan fingerprint density at radius 3 is 2.50 bits per heavy atom. The summed E-state index contributed by atoms with van der Waals surface area (Å²) in [6.45, 7) is 3.44. The third-order valence-corrected chi connectivity index (χ3v) is 4.48. The maximum Gasteiger partial charge on any atom is 0.292 e. The van der Waals surface area contributed by atoms with E-state index < -0.39 is 31.3 Å². The highest BCUT2D eigenvalue weighted by Crippen LogP contribution is 2.29. The van der Waals surface area contributed by atoms with Crippen LogP contribution in [0.4, 0.5) is 15.8 Å². The number of benzene rings is 2. The predicted octanol–water partition coefficient (Wildman–Crippen LogP) is 3.15. The van der Waals surface area contributed by atoms with Gasteiger partial charge in [0.1, 0.15) is 0 Å². The molecule has 2 aromatic rings. The van der Waals surface area contributed by atoms with Crippen LogP contribution in [0.25, 0.3) is 0 Å². The van der Waals surface area contributed by atoms with Crippen LogP contribution in [0.15, 0.2) is 41.3 Å². The third kappa shape index (κ3) is 3.06. The number of sulfonamides is 1. The van der Waals surface area contributed by atoms with Crippen LogP contribution in [-0.2, 0) is 10.0 Å². The molecular weight excluding hydrogens is 311 g/mol. The summed E-state index contributed by atoms with van der Waals surface area (Å²) in [5.74, 6) is -1.17. The average molecular weight is 324 g/mol. The van der Waals surface area contributed by atoms with Crippen molar-refractivity contribution in [1.82, 2.24) is 0 Å². The first-order valence-electron chi connectivity index (χ1n) is 6.25. The van der Waals surface area contributed by atoms with Crippen LogP contribution in [0.3, 0.4) is 0 Å². The molecule has 0 aliphatic rings. The number of nitro groups is 1. The standard InChI is InChI=1S/C14H13FN2O4S/c1-9-6-7-10(2)12(8-9)16-22(20,21)14-11(15)4-3-5-13(14)17(18)19/h3-8,16H,1-2H3. The minimum atomic E-state index is -4.43. The minimum Gasteiger partial charge on any atom is -0.279 e. The minimum absolute atomic E-state index is 0.248. The normalized spacial score (nSPS) is 11.2. The van der Waals surface area contributed by atoms with E-state index in [2.05, 4.69) is 4.72 Å². The second kappa shape index (κ2) is 5.72. The van der Waals surface area contributed by atoms with E-state index in [0.717, 1.165) is 23.8 Å². The molecule has 2 rings (SSSR count). The Kier molecular flexibility index (Phi) is 4.14. The molecule has 0 aromatic heterocycles. The van der Waals surface area contributed by atoms with E-state index in [4.69, 9.17) is 0 Å². The average Bonchev–Trinajstić information content (AvgIpc) is 2.42. The zero-order chi connectivity index (χ0) is 16.5. The molecule has 0 spiro atoms. The molecule has 0 aliphatic heterocycles.